The third-order valence-corrected chi connectivity index (χ3v) is 6.56. The van der Waals surface area contributed by atoms with Crippen LogP contribution in [0.1, 0.15) is 44.5 Å². The van der Waals surface area contributed by atoms with Gasteiger partial charge in [-0.05, 0) is 70.2 Å². The number of fused-ring (bicyclic) bond motifs is 1. The van der Waals surface area contributed by atoms with Gasteiger partial charge in [0.2, 0.25) is 5.95 Å². The van der Waals surface area contributed by atoms with Crippen molar-refractivity contribution in [3.05, 3.63) is 82.1 Å². The summed E-state index contributed by atoms with van der Waals surface area (Å²) in [6.07, 6.45) is 0.812. The van der Waals surface area contributed by atoms with Gasteiger partial charge in [-0.2, -0.15) is 4.98 Å². The van der Waals surface area contributed by atoms with E-state index in [2.05, 4.69) is 34.4 Å². The van der Waals surface area contributed by atoms with Crippen molar-refractivity contribution in [2.75, 3.05) is 31.5 Å². The van der Waals surface area contributed by atoms with E-state index in [1.54, 1.807) is 24.3 Å². The van der Waals surface area contributed by atoms with Gasteiger partial charge in [-0.3, -0.25) is 14.2 Å². The molecule has 0 unspecified atom stereocenters. The summed E-state index contributed by atoms with van der Waals surface area (Å²) in [6, 6.07) is 13.1. The van der Waals surface area contributed by atoms with Crippen molar-refractivity contribution in [1.82, 2.24) is 24.8 Å². The van der Waals surface area contributed by atoms with E-state index in [1.165, 1.54) is 18.2 Å². The van der Waals surface area contributed by atoms with Crippen molar-refractivity contribution < 1.29 is 13.6 Å². The minimum Gasteiger partial charge on any atom is -0.354 e. The average molecular weight is 549 g/mol. The van der Waals surface area contributed by atoms with E-state index in [-0.39, 0.29) is 23.5 Å². The normalized spacial score (nSPS) is 11.4. The maximum Gasteiger partial charge on any atom is 0.256 e. The maximum absolute atomic E-state index is 14.9. The molecule has 0 atom stereocenters. The molecule has 0 aliphatic rings. The second-order valence-electron chi connectivity index (χ2n) is 9.73. The van der Waals surface area contributed by atoms with Crippen molar-refractivity contribution >= 4 is 22.9 Å². The van der Waals surface area contributed by atoms with Gasteiger partial charge >= 0.3 is 0 Å². The first-order chi connectivity index (χ1) is 19.2. The number of benzene rings is 2. The van der Waals surface area contributed by atoms with Gasteiger partial charge in [0.1, 0.15) is 17.3 Å². The van der Waals surface area contributed by atoms with Gasteiger partial charge in [0.05, 0.1) is 5.69 Å². The summed E-state index contributed by atoms with van der Waals surface area (Å²) in [6.45, 7) is 11.3. The number of amides is 1. The Kier molecular flexibility index (Phi) is 9.21. The molecule has 2 aromatic carbocycles. The summed E-state index contributed by atoms with van der Waals surface area (Å²) in [7, 11) is 0. The van der Waals surface area contributed by atoms with Crippen LogP contribution in [0, 0.1) is 11.6 Å². The molecule has 1 amide bonds. The molecule has 0 bridgehead atoms. The zero-order chi connectivity index (χ0) is 28.8. The third-order valence-electron chi connectivity index (χ3n) is 6.56. The zero-order valence-electron chi connectivity index (χ0n) is 23.2. The van der Waals surface area contributed by atoms with Crippen LogP contribution in [-0.4, -0.2) is 57.6 Å². The summed E-state index contributed by atoms with van der Waals surface area (Å²) in [5, 5.41) is 6.48. The fourth-order valence-electron chi connectivity index (χ4n) is 4.53. The minimum atomic E-state index is -0.893. The smallest absolute Gasteiger partial charge is 0.256 e. The summed E-state index contributed by atoms with van der Waals surface area (Å²) in [5.41, 5.74) is 0.332. The van der Waals surface area contributed by atoms with Crippen LogP contribution in [-0.2, 0) is 0 Å². The van der Waals surface area contributed by atoms with E-state index in [0.29, 0.717) is 28.8 Å². The molecule has 0 saturated heterocycles. The topological polar surface area (TPSA) is 92.2 Å². The number of hydrogen-bond donors (Lipinski definition) is 2. The number of carbonyl (C=O) groups is 1. The van der Waals surface area contributed by atoms with Gasteiger partial charge in [0.25, 0.3) is 11.5 Å². The largest absolute Gasteiger partial charge is 0.354 e. The molecule has 8 nitrogen and oxygen atoms in total. The first kappa shape index (κ1) is 28.8. The summed E-state index contributed by atoms with van der Waals surface area (Å²) in [5.74, 6) is -1.82. The van der Waals surface area contributed by atoms with Crippen molar-refractivity contribution in [3.8, 4) is 16.9 Å². The van der Waals surface area contributed by atoms with E-state index in [1.807, 2.05) is 13.8 Å². The molecule has 4 rings (SSSR count). The lowest BCUT2D eigenvalue weighted by Gasteiger charge is -2.18. The lowest BCUT2D eigenvalue weighted by molar-refractivity contribution is 0.0943. The van der Waals surface area contributed by atoms with E-state index in [4.69, 9.17) is 4.98 Å². The number of carbonyl (C=O) groups excluding carboxylic acids is 1. The van der Waals surface area contributed by atoms with Gasteiger partial charge in [-0.25, -0.2) is 13.8 Å². The highest BCUT2D eigenvalue weighted by atomic mass is 19.1. The lowest BCUT2D eigenvalue weighted by Crippen LogP contribution is -2.30. The molecule has 0 aliphatic heterocycles. The van der Waals surface area contributed by atoms with Gasteiger partial charge in [0, 0.05) is 35.2 Å². The number of rotatable bonds is 11. The first-order valence-electron chi connectivity index (χ1n) is 13.5. The third kappa shape index (κ3) is 6.34. The molecule has 0 saturated carbocycles. The molecule has 2 heterocycles. The number of pyridine rings is 1. The Morgan fingerprint density at radius 3 is 2.38 bits per heavy atom. The number of aromatic nitrogens is 3. The van der Waals surface area contributed by atoms with E-state index in [0.717, 1.165) is 42.8 Å². The molecule has 2 aromatic heterocycles. The fraction of sp³-hybridized carbons (Fsp3) is 0.333. The number of hydrogen-bond acceptors (Lipinski definition) is 6. The lowest BCUT2D eigenvalue weighted by atomic mass is 10.0. The molecule has 40 heavy (non-hydrogen) atoms. The monoisotopic (exact) mass is 548 g/mol. The quantitative estimate of drug-likeness (QED) is 0.256. The van der Waals surface area contributed by atoms with Gasteiger partial charge in [-0.15, -0.1) is 0 Å². The highest BCUT2D eigenvalue weighted by Crippen LogP contribution is 2.29. The van der Waals surface area contributed by atoms with E-state index < -0.39 is 22.9 Å². The number of anilines is 1. The summed E-state index contributed by atoms with van der Waals surface area (Å²) >= 11 is 0. The number of nitrogens with zero attached hydrogens (tertiary/aromatic N) is 4. The maximum atomic E-state index is 14.9. The molecular weight excluding hydrogens is 514 g/mol. The van der Waals surface area contributed by atoms with Crippen LogP contribution in [0.3, 0.4) is 0 Å². The van der Waals surface area contributed by atoms with E-state index >= 15 is 0 Å². The molecule has 2 N–H and O–H groups in total. The van der Waals surface area contributed by atoms with Gasteiger partial charge in [0.15, 0.2) is 5.65 Å². The molecule has 210 valence electrons. The predicted molar refractivity (Wildman–Crippen MR) is 154 cm³/mol. The summed E-state index contributed by atoms with van der Waals surface area (Å²) < 4.78 is 30.7. The Balaban J connectivity index is 1.88. The molecule has 10 heteroatoms. The minimum absolute atomic E-state index is 0.0461. The Bertz CT molecular complexity index is 1550. The molecule has 0 radical (unpaired) electrons. The molecule has 0 spiro atoms. The van der Waals surface area contributed by atoms with Crippen molar-refractivity contribution in [2.45, 2.75) is 40.2 Å². The molecule has 0 fully saturated rings. The molecule has 0 aliphatic carbocycles. The Labute approximate surface area is 232 Å². The van der Waals surface area contributed by atoms with Gasteiger partial charge in [-0.1, -0.05) is 32.0 Å². The fourth-order valence-corrected chi connectivity index (χ4v) is 4.53. The standard InChI is InChI=1S/C30H34F2N6O2/c1-5-37(6-2)17-9-16-33-30-35-26(20-10-7-11-21(18-20)29(40)34-19(3)4)22-14-15-25(39)38(28(22)36-30)27-23(31)12-8-13-24(27)32/h7-8,10-15,18-19H,5-6,9,16-17H2,1-4H3,(H,34,40)(H,33,35,36). The Hall–Kier alpha value is -4.18. The number of halogens is 2. The zero-order valence-corrected chi connectivity index (χ0v) is 23.2. The average Bonchev–Trinajstić information content (AvgIpc) is 2.93. The number of para-hydroxylation sites is 1. The number of nitrogens with one attached hydrogen (secondary N) is 2. The Morgan fingerprint density at radius 2 is 1.70 bits per heavy atom. The van der Waals surface area contributed by atoms with Crippen LogP contribution in [0.25, 0.3) is 28.0 Å². The SMILES string of the molecule is CCN(CC)CCCNc1nc(-c2cccc(C(=O)NC(C)C)c2)c2ccc(=O)n(-c3c(F)cccc3F)c2n1. The summed E-state index contributed by atoms with van der Waals surface area (Å²) in [4.78, 5) is 37.3. The van der Waals surface area contributed by atoms with Crippen LogP contribution < -0.4 is 16.2 Å². The highest BCUT2D eigenvalue weighted by molar-refractivity contribution is 5.98. The van der Waals surface area contributed by atoms with Crippen molar-refractivity contribution in [3.63, 3.8) is 0 Å². The second-order valence-corrected chi connectivity index (χ2v) is 9.73. The highest BCUT2D eigenvalue weighted by Gasteiger charge is 2.20. The van der Waals surface area contributed by atoms with Crippen LogP contribution in [0.15, 0.2) is 59.4 Å². The Morgan fingerprint density at radius 1 is 1.00 bits per heavy atom. The predicted octanol–water partition coefficient (Wildman–Crippen LogP) is 5.01. The van der Waals surface area contributed by atoms with Crippen molar-refractivity contribution in [2.24, 2.45) is 0 Å². The van der Waals surface area contributed by atoms with Crippen LogP contribution in [0.2, 0.25) is 0 Å². The van der Waals surface area contributed by atoms with Crippen LogP contribution in [0.5, 0.6) is 0 Å². The second kappa shape index (κ2) is 12.8. The van der Waals surface area contributed by atoms with Gasteiger partial charge < -0.3 is 15.5 Å². The molecule has 4 aromatic rings. The molecular formula is C30H34F2N6O2. The first-order valence-corrected chi connectivity index (χ1v) is 13.5. The van der Waals surface area contributed by atoms with Crippen LogP contribution >= 0.6 is 0 Å². The van der Waals surface area contributed by atoms with Crippen LogP contribution in [0.4, 0.5) is 14.7 Å². The van der Waals surface area contributed by atoms with E-state index in [9.17, 15) is 18.4 Å². The van der Waals surface area contributed by atoms with Crippen molar-refractivity contribution in [1.29, 1.82) is 0 Å².